The van der Waals surface area contributed by atoms with Gasteiger partial charge in [-0.2, -0.15) is 20.1 Å². The summed E-state index contributed by atoms with van der Waals surface area (Å²) in [4.78, 5) is 14.8. The van der Waals surface area contributed by atoms with Gasteiger partial charge >= 0.3 is 0 Å². The van der Waals surface area contributed by atoms with Crippen LogP contribution >= 0.6 is 0 Å². The highest BCUT2D eigenvalue weighted by atomic mass is 15.3. The molecule has 0 spiro atoms. The topological polar surface area (TPSA) is 90.7 Å². The van der Waals surface area contributed by atoms with Crippen LogP contribution in [0.25, 0.3) is 0 Å². The number of nitrogens with one attached hydrogen (secondary N) is 2. The summed E-state index contributed by atoms with van der Waals surface area (Å²) in [6.07, 6.45) is 0. The quantitative estimate of drug-likeness (QED) is 0.724. The molecule has 0 saturated heterocycles. The standard InChI is InChI=1S/C16H24N8/c1-5-17-14-20-15(18-6-2)22-16(21-14)23-19-11-12-7-9-13(10-8-12)24(3)4/h7-10H,5-6,11H2,1-4H3,(H2,17,18,20,21,22). The molecule has 0 aliphatic rings. The zero-order valence-electron chi connectivity index (χ0n) is 14.6. The van der Waals surface area contributed by atoms with Gasteiger partial charge in [-0.3, -0.25) is 0 Å². The summed E-state index contributed by atoms with van der Waals surface area (Å²) in [7, 11) is 4.03. The maximum absolute atomic E-state index is 4.25. The average Bonchev–Trinajstić information content (AvgIpc) is 2.56. The number of aromatic nitrogens is 3. The highest BCUT2D eigenvalue weighted by Gasteiger charge is 2.04. The molecule has 8 heteroatoms. The monoisotopic (exact) mass is 328 g/mol. The molecule has 0 aliphatic carbocycles. The third-order valence-corrected chi connectivity index (χ3v) is 3.16. The summed E-state index contributed by atoms with van der Waals surface area (Å²) in [5.41, 5.74) is 2.23. The molecule has 8 nitrogen and oxygen atoms in total. The molecule has 0 unspecified atom stereocenters. The first-order valence-corrected chi connectivity index (χ1v) is 8.00. The molecule has 0 radical (unpaired) electrons. The second-order valence-corrected chi connectivity index (χ2v) is 5.30. The molecule has 24 heavy (non-hydrogen) atoms. The second-order valence-electron chi connectivity index (χ2n) is 5.30. The zero-order valence-corrected chi connectivity index (χ0v) is 14.6. The maximum Gasteiger partial charge on any atom is 0.275 e. The third kappa shape index (κ3) is 5.15. The number of hydrogen-bond acceptors (Lipinski definition) is 8. The first-order valence-electron chi connectivity index (χ1n) is 8.00. The van der Waals surface area contributed by atoms with E-state index in [1.165, 1.54) is 0 Å². The Morgan fingerprint density at radius 2 is 1.50 bits per heavy atom. The molecule has 0 saturated carbocycles. The van der Waals surface area contributed by atoms with E-state index >= 15 is 0 Å². The fourth-order valence-corrected chi connectivity index (χ4v) is 1.96. The second kappa shape index (κ2) is 8.76. The summed E-state index contributed by atoms with van der Waals surface area (Å²) in [6, 6.07) is 8.19. The van der Waals surface area contributed by atoms with Gasteiger partial charge in [0.2, 0.25) is 11.9 Å². The minimum absolute atomic E-state index is 0.293. The smallest absolute Gasteiger partial charge is 0.275 e. The van der Waals surface area contributed by atoms with E-state index in [0.717, 1.165) is 24.3 Å². The van der Waals surface area contributed by atoms with Crippen LogP contribution in [0.1, 0.15) is 19.4 Å². The molecular formula is C16H24N8. The SMILES string of the molecule is CCNc1nc(N=NCc2ccc(N(C)C)cc2)nc(NCC)n1. The van der Waals surface area contributed by atoms with Gasteiger partial charge < -0.3 is 15.5 Å². The van der Waals surface area contributed by atoms with E-state index in [-0.39, 0.29) is 0 Å². The van der Waals surface area contributed by atoms with Crippen molar-refractivity contribution in [2.24, 2.45) is 10.2 Å². The maximum atomic E-state index is 4.25. The summed E-state index contributed by atoms with van der Waals surface area (Å²) in [5.74, 6) is 1.28. The van der Waals surface area contributed by atoms with Crippen LogP contribution in [0.4, 0.5) is 23.5 Å². The largest absolute Gasteiger partial charge is 0.378 e. The van der Waals surface area contributed by atoms with Gasteiger partial charge in [-0.1, -0.05) is 12.1 Å². The Labute approximate surface area is 142 Å². The number of anilines is 3. The predicted octanol–water partition coefficient (Wildman–Crippen LogP) is 3.09. The Hall–Kier alpha value is -2.77. The van der Waals surface area contributed by atoms with E-state index in [2.05, 4.69) is 52.8 Å². The van der Waals surface area contributed by atoms with Crippen molar-refractivity contribution < 1.29 is 0 Å². The normalized spacial score (nSPS) is 10.8. The minimum Gasteiger partial charge on any atom is -0.378 e. The lowest BCUT2D eigenvalue weighted by molar-refractivity contribution is 0.908. The van der Waals surface area contributed by atoms with E-state index in [0.29, 0.717) is 24.4 Å². The van der Waals surface area contributed by atoms with Crippen molar-refractivity contribution in [3.63, 3.8) is 0 Å². The number of benzene rings is 1. The van der Waals surface area contributed by atoms with Crippen molar-refractivity contribution in [2.75, 3.05) is 42.7 Å². The van der Waals surface area contributed by atoms with Gasteiger partial charge in [0.05, 0.1) is 6.54 Å². The van der Waals surface area contributed by atoms with Crippen LogP contribution < -0.4 is 15.5 Å². The van der Waals surface area contributed by atoms with Crippen molar-refractivity contribution in [3.05, 3.63) is 29.8 Å². The average molecular weight is 328 g/mol. The third-order valence-electron chi connectivity index (χ3n) is 3.16. The van der Waals surface area contributed by atoms with Crippen molar-refractivity contribution in [3.8, 4) is 0 Å². The van der Waals surface area contributed by atoms with Crippen molar-refractivity contribution in [2.45, 2.75) is 20.4 Å². The van der Waals surface area contributed by atoms with E-state index < -0.39 is 0 Å². The molecule has 0 atom stereocenters. The summed E-state index contributed by atoms with van der Waals surface area (Å²) in [5, 5.41) is 14.4. The van der Waals surface area contributed by atoms with Gasteiger partial charge in [-0.05, 0) is 31.5 Å². The summed E-state index contributed by atoms with van der Waals surface area (Å²) >= 11 is 0. The van der Waals surface area contributed by atoms with E-state index in [1.54, 1.807) is 0 Å². The van der Waals surface area contributed by atoms with Gasteiger partial charge in [0.1, 0.15) is 0 Å². The molecule has 2 rings (SSSR count). The predicted molar refractivity (Wildman–Crippen MR) is 97.1 cm³/mol. The van der Waals surface area contributed by atoms with Crippen LogP contribution in [-0.2, 0) is 6.54 Å². The molecule has 0 amide bonds. The number of hydrogen-bond donors (Lipinski definition) is 2. The van der Waals surface area contributed by atoms with Crippen molar-refractivity contribution in [1.82, 2.24) is 15.0 Å². The Morgan fingerprint density at radius 1 is 0.917 bits per heavy atom. The lowest BCUT2D eigenvalue weighted by Gasteiger charge is -2.11. The molecule has 0 fully saturated rings. The molecule has 1 heterocycles. The Morgan fingerprint density at radius 3 is 2.00 bits per heavy atom. The Balaban J connectivity index is 2.07. The van der Waals surface area contributed by atoms with E-state index in [9.17, 15) is 0 Å². The number of azo groups is 1. The van der Waals surface area contributed by atoms with E-state index in [4.69, 9.17) is 0 Å². The van der Waals surface area contributed by atoms with Crippen molar-refractivity contribution in [1.29, 1.82) is 0 Å². The molecule has 128 valence electrons. The first kappa shape index (κ1) is 17.6. The fraction of sp³-hybridized carbons (Fsp3) is 0.438. The minimum atomic E-state index is 0.293. The molecular weight excluding hydrogens is 304 g/mol. The van der Waals surface area contributed by atoms with Crippen molar-refractivity contribution >= 4 is 23.5 Å². The van der Waals surface area contributed by atoms with Crippen LogP contribution in [0.2, 0.25) is 0 Å². The van der Waals surface area contributed by atoms with Crippen LogP contribution in [0.3, 0.4) is 0 Å². The lowest BCUT2D eigenvalue weighted by Crippen LogP contribution is -2.08. The molecule has 2 N–H and O–H groups in total. The van der Waals surface area contributed by atoms with Gasteiger partial charge in [0, 0.05) is 32.9 Å². The zero-order chi connectivity index (χ0) is 17.4. The van der Waals surface area contributed by atoms with Gasteiger partial charge in [-0.15, -0.1) is 5.11 Å². The Bertz CT molecular complexity index is 642. The highest BCUT2D eigenvalue weighted by Crippen LogP contribution is 2.15. The van der Waals surface area contributed by atoms with Gasteiger partial charge in [-0.25, -0.2) is 0 Å². The molecule has 0 bridgehead atoms. The number of nitrogens with zero attached hydrogens (tertiary/aromatic N) is 6. The molecule has 2 aromatic rings. The van der Waals surface area contributed by atoms with Crippen LogP contribution in [0.5, 0.6) is 0 Å². The first-order chi connectivity index (χ1) is 11.6. The lowest BCUT2D eigenvalue weighted by atomic mass is 10.2. The van der Waals surface area contributed by atoms with Crippen LogP contribution in [0, 0.1) is 0 Å². The molecule has 1 aromatic carbocycles. The summed E-state index contributed by atoms with van der Waals surface area (Å²) in [6.45, 7) is 5.89. The van der Waals surface area contributed by atoms with Crippen LogP contribution in [-0.4, -0.2) is 42.1 Å². The molecule has 0 aliphatic heterocycles. The van der Waals surface area contributed by atoms with Gasteiger partial charge in [0.15, 0.2) is 0 Å². The molecule has 1 aromatic heterocycles. The highest BCUT2D eigenvalue weighted by molar-refractivity contribution is 5.46. The van der Waals surface area contributed by atoms with Crippen LogP contribution in [0.15, 0.2) is 34.5 Å². The van der Waals surface area contributed by atoms with E-state index in [1.807, 2.05) is 40.1 Å². The Kier molecular flexibility index (Phi) is 6.41. The number of rotatable bonds is 8. The summed E-state index contributed by atoms with van der Waals surface area (Å²) < 4.78 is 0. The van der Waals surface area contributed by atoms with Gasteiger partial charge in [0.25, 0.3) is 5.95 Å². The fourth-order valence-electron chi connectivity index (χ4n) is 1.96.